The van der Waals surface area contributed by atoms with E-state index in [1.165, 1.54) is 12.1 Å². The molecule has 0 bridgehead atoms. The number of ether oxygens (including phenoxy) is 1. The van der Waals surface area contributed by atoms with E-state index < -0.39 is 6.61 Å². The molecule has 0 saturated carbocycles. The van der Waals surface area contributed by atoms with Crippen LogP contribution in [-0.4, -0.2) is 11.6 Å². The van der Waals surface area contributed by atoms with Crippen molar-refractivity contribution in [2.45, 2.75) is 19.7 Å². The Morgan fingerprint density at radius 3 is 2.85 bits per heavy atom. The predicted molar refractivity (Wildman–Crippen MR) is 73.6 cm³/mol. The second kappa shape index (κ2) is 6.83. The number of alkyl halides is 2. The summed E-state index contributed by atoms with van der Waals surface area (Å²) in [5, 5.41) is 5.16. The zero-order chi connectivity index (χ0) is 14.5. The Bertz CT molecular complexity index is 630. The number of hydrogen-bond acceptors (Lipinski definition) is 4. The van der Waals surface area contributed by atoms with E-state index in [4.69, 9.17) is 11.6 Å². The van der Waals surface area contributed by atoms with Crippen LogP contribution in [0.3, 0.4) is 0 Å². The summed E-state index contributed by atoms with van der Waals surface area (Å²) in [5.41, 5.74) is 1.26. The first-order valence-electron chi connectivity index (χ1n) is 5.65. The second-order valence-electron chi connectivity index (χ2n) is 3.91. The third kappa shape index (κ3) is 4.29. The van der Waals surface area contributed by atoms with Crippen molar-refractivity contribution >= 4 is 22.9 Å². The van der Waals surface area contributed by atoms with Gasteiger partial charge in [0.25, 0.3) is 0 Å². The van der Waals surface area contributed by atoms with E-state index in [1.807, 2.05) is 0 Å². The molecular formula is C12H11ClF2N2O2S. The van der Waals surface area contributed by atoms with Gasteiger partial charge in [0.2, 0.25) is 0 Å². The summed E-state index contributed by atoms with van der Waals surface area (Å²) in [4.78, 5) is 13.5. The zero-order valence-corrected chi connectivity index (χ0v) is 11.7. The summed E-state index contributed by atoms with van der Waals surface area (Å²) in [6.07, 6.45) is 0. The summed E-state index contributed by atoms with van der Waals surface area (Å²) in [6.45, 7) is -2.18. The van der Waals surface area contributed by atoms with Gasteiger partial charge >= 0.3 is 11.5 Å². The minimum absolute atomic E-state index is 0.0794. The van der Waals surface area contributed by atoms with E-state index in [2.05, 4.69) is 15.0 Å². The van der Waals surface area contributed by atoms with Gasteiger partial charge in [0.1, 0.15) is 5.75 Å². The third-order valence-corrected chi connectivity index (χ3v) is 3.39. The SMILES string of the molecule is O=c1[nH]c(CNCc2cc(Cl)ccc2OC(F)F)cs1. The van der Waals surface area contributed by atoms with Crippen molar-refractivity contribution < 1.29 is 13.5 Å². The van der Waals surface area contributed by atoms with Gasteiger partial charge < -0.3 is 15.0 Å². The number of nitrogens with one attached hydrogen (secondary N) is 2. The Morgan fingerprint density at radius 1 is 1.40 bits per heavy atom. The van der Waals surface area contributed by atoms with E-state index >= 15 is 0 Å². The maximum Gasteiger partial charge on any atom is 0.387 e. The van der Waals surface area contributed by atoms with Gasteiger partial charge in [0.15, 0.2) is 0 Å². The van der Waals surface area contributed by atoms with Gasteiger partial charge in [0.05, 0.1) is 0 Å². The molecule has 20 heavy (non-hydrogen) atoms. The quantitative estimate of drug-likeness (QED) is 0.860. The van der Waals surface area contributed by atoms with Crippen molar-refractivity contribution in [3.8, 4) is 5.75 Å². The molecule has 2 rings (SSSR count). The van der Waals surface area contributed by atoms with Gasteiger partial charge in [-0.1, -0.05) is 22.9 Å². The van der Waals surface area contributed by atoms with Gasteiger partial charge in [-0.3, -0.25) is 4.79 Å². The molecule has 0 amide bonds. The summed E-state index contributed by atoms with van der Waals surface area (Å²) in [6, 6.07) is 4.44. The van der Waals surface area contributed by atoms with Crippen LogP contribution in [0.2, 0.25) is 5.02 Å². The molecule has 0 fully saturated rings. The van der Waals surface area contributed by atoms with Crippen molar-refractivity contribution in [2.75, 3.05) is 0 Å². The van der Waals surface area contributed by atoms with Gasteiger partial charge in [-0.05, 0) is 18.2 Å². The van der Waals surface area contributed by atoms with Crippen LogP contribution in [-0.2, 0) is 13.1 Å². The number of aromatic amines is 1. The number of benzene rings is 1. The molecule has 1 aromatic heterocycles. The molecule has 0 spiro atoms. The maximum absolute atomic E-state index is 12.3. The molecule has 108 valence electrons. The number of thiazole rings is 1. The minimum Gasteiger partial charge on any atom is -0.434 e. The third-order valence-electron chi connectivity index (χ3n) is 2.44. The molecular weight excluding hydrogens is 310 g/mol. The lowest BCUT2D eigenvalue weighted by Crippen LogP contribution is -2.15. The van der Waals surface area contributed by atoms with Crippen LogP contribution in [0.15, 0.2) is 28.4 Å². The summed E-state index contributed by atoms with van der Waals surface area (Å²) >= 11 is 6.90. The standard InChI is InChI=1S/C12H11ClF2N2O2S/c13-8-1-2-10(19-11(14)15)7(3-8)4-16-5-9-6-20-12(18)17-9/h1-3,6,11,16H,4-5H2,(H,17,18). The number of H-pyrrole nitrogens is 1. The second-order valence-corrected chi connectivity index (χ2v) is 5.19. The number of hydrogen-bond donors (Lipinski definition) is 2. The molecule has 0 radical (unpaired) electrons. The molecule has 0 saturated heterocycles. The van der Waals surface area contributed by atoms with Gasteiger partial charge in [0, 0.05) is 34.7 Å². The summed E-state index contributed by atoms with van der Waals surface area (Å²) < 4.78 is 29.0. The zero-order valence-electron chi connectivity index (χ0n) is 10.2. The van der Waals surface area contributed by atoms with E-state index in [-0.39, 0.29) is 10.6 Å². The van der Waals surface area contributed by atoms with Crippen LogP contribution in [0.25, 0.3) is 0 Å². The van der Waals surface area contributed by atoms with Crippen LogP contribution in [0.4, 0.5) is 8.78 Å². The first-order chi connectivity index (χ1) is 9.54. The van der Waals surface area contributed by atoms with Gasteiger partial charge in [-0.25, -0.2) is 0 Å². The fourth-order valence-corrected chi connectivity index (χ4v) is 2.41. The molecule has 2 N–H and O–H groups in total. The van der Waals surface area contributed by atoms with Crippen LogP contribution in [0.5, 0.6) is 5.75 Å². The van der Waals surface area contributed by atoms with Crippen molar-refractivity contribution in [2.24, 2.45) is 0 Å². The lowest BCUT2D eigenvalue weighted by molar-refractivity contribution is -0.0505. The monoisotopic (exact) mass is 320 g/mol. The highest BCUT2D eigenvalue weighted by Gasteiger charge is 2.10. The molecule has 0 aliphatic rings. The van der Waals surface area contributed by atoms with Crippen molar-refractivity contribution in [3.05, 3.63) is 49.5 Å². The van der Waals surface area contributed by atoms with Crippen LogP contribution < -0.4 is 14.9 Å². The lowest BCUT2D eigenvalue weighted by atomic mass is 10.2. The van der Waals surface area contributed by atoms with E-state index in [0.717, 1.165) is 17.0 Å². The van der Waals surface area contributed by atoms with E-state index in [1.54, 1.807) is 11.4 Å². The van der Waals surface area contributed by atoms with Crippen LogP contribution >= 0.6 is 22.9 Å². The average molecular weight is 321 g/mol. The number of halogens is 3. The first-order valence-corrected chi connectivity index (χ1v) is 6.91. The molecule has 0 unspecified atom stereocenters. The highest BCUT2D eigenvalue weighted by molar-refractivity contribution is 7.07. The van der Waals surface area contributed by atoms with Crippen molar-refractivity contribution in [1.29, 1.82) is 0 Å². The summed E-state index contributed by atoms with van der Waals surface area (Å²) in [7, 11) is 0. The Balaban J connectivity index is 2.00. The normalized spacial score (nSPS) is 11.0. The van der Waals surface area contributed by atoms with Gasteiger partial charge in [-0.2, -0.15) is 8.78 Å². The molecule has 0 aliphatic carbocycles. The largest absolute Gasteiger partial charge is 0.434 e. The topological polar surface area (TPSA) is 54.1 Å². The highest BCUT2D eigenvalue weighted by atomic mass is 35.5. The molecule has 8 heteroatoms. The summed E-state index contributed by atoms with van der Waals surface area (Å²) in [5.74, 6) is 0.0794. The van der Waals surface area contributed by atoms with Crippen molar-refractivity contribution in [1.82, 2.24) is 10.3 Å². The first kappa shape index (κ1) is 15.0. The highest BCUT2D eigenvalue weighted by Crippen LogP contribution is 2.24. The molecule has 1 heterocycles. The van der Waals surface area contributed by atoms with Crippen molar-refractivity contribution in [3.63, 3.8) is 0 Å². The molecule has 1 aromatic carbocycles. The predicted octanol–water partition coefficient (Wildman–Crippen LogP) is 2.98. The number of rotatable bonds is 6. The van der Waals surface area contributed by atoms with Gasteiger partial charge in [-0.15, -0.1) is 0 Å². The fourth-order valence-electron chi connectivity index (χ4n) is 1.63. The Hall–Kier alpha value is -1.44. The van der Waals surface area contributed by atoms with E-state index in [9.17, 15) is 13.6 Å². The molecule has 0 aliphatic heterocycles. The lowest BCUT2D eigenvalue weighted by Gasteiger charge is -2.11. The van der Waals surface area contributed by atoms with E-state index in [0.29, 0.717) is 23.7 Å². The Kier molecular flexibility index (Phi) is 5.11. The fraction of sp³-hybridized carbons (Fsp3) is 0.250. The Labute approximate surface area is 122 Å². The maximum atomic E-state index is 12.3. The van der Waals surface area contributed by atoms with Crippen LogP contribution in [0, 0.1) is 0 Å². The molecule has 4 nitrogen and oxygen atoms in total. The molecule has 2 aromatic rings. The molecule has 0 atom stereocenters. The average Bonchev–Trinajstić information content (AvgIpc) is 2.78. The van der Waals surface area contributed by atoms with Crippen LogP contribution in [0.1, 0.15) is 11.3 Å². The minimum atomic E-state index is -2.89. The smallest absolute Gasteiger partial charge is 0.387 e. The Morgan fingerprint density at radius 2 is 2.20 bits per heavy atom. The number of aromatic nitrogens is 1.